The minimum atomic E-state index is -0.951. The summed E-state index contributed by atoms with van der Waals surface area (Å²) in [6.07, 6.45) is 7.41. The predicted octanol–water partition coefficient (Wildman–Crippen LogP) is 3.52. The molecule has 0 saturated carbocycles. The molecule has 0 aromatic carbocycles. The van der Waals surface area contributed by atoms with Gasteiger partial charge in [0.25, 0.3) is 0 Å². The van der Waals surface area contributed by atoms with E-state index in [0.29, 0.717) is 0 Å². The molecule has 0 aliphatic heterocycles. The topological polar surface area (TPSA) is 18.5 Å². The van der Waals surface area contributed by atoms with Gasteiger partial charge in [0.15, 0.2) is 0 Å². The summed E-state index contributed by atoms with van der Waals surface area (Å²) in [6.45, 7) is 8.26. The Hall–Kier alpha value is 0.137. The molecule has 0 saturated heterocycles. The van der Waals surface area contributed by atoms with Crippen LogP contribution in [0.5, 0.6) is 0 Å². The monoisotopic (exact) mass is 217 g/mol. The van der Waals surface area contributed by atoms with Crippen molar-refractivity contribution in [2.75, 3.05) is 13.2 Å². The molecule has 0 atom stereocenters. The third kappa shape index (κ3) is 10.2. The van der Waals surface area contributed by atoms with Crippen LogP contribution in [0.4, 0.5) is 0 Å². The van der Waals surface area contributed by atoms with Gasteiger partial charge in [-0.3, -0.25) is 0 Å². The minimum Gasteiger partial charge on any atom is -0.394 e. The Morgan fingerprint density at radius 3 is 1.57 bits per heavy atom. The summed E-state index contributed by atoms with van der Waals surface area (Å²) in [7, 11) is -0.951. The van der Waals surface area contributed by atoms with Crippen molar-refractivity contribution in [1.82, 2.24) is 0 Å². The van der Waals surface area contributed by atoms with Crippen molar-refractivity contribution < 1.29 is 8.85 Å². The Labute approximate surface area is 90.8 Å². The highest BCUT2D eigenvalue weighted by atomic mass is 28.3. The summed E-state index contributed by atoms with van der Waals surface area (Å²) in [5.74, 6) is 0. The highest BCUT2D eigenvalue weighted by molar-refractivity contribution is 6.42. The maximum atomic E-state index is 5.60. The number of hydrogen-bond acceptors (Lipinski definition) is 2. The van der Waals surface area contributed by atoms with Crippen LogP contribution in [-0.4, -0.2) is 22.5 Å². The molecule has 0 fully saturated rings. The fourth-order valence-corrected chi connectivity index (χ4v) is 2.12. The zero-order chi connectivity index (χ0) is 10.6. The fraction of sp³-hybridized carbons (Fsp3) is 1.00. The first-order valence-electron chi connectivity index (χ1n) is 5.90. The Kier molecular flexibility index (Phi) is 11.3. The van der Waals surface area contributed by atoms with Crippen molar-refractivity contribution in [2.24, 2.45) is 0 Å². The summed E-state index contributed by atoms with van der Waals surface area (Å²) in [6, 6.07) is 0. The molecule has 0 amide bonds. The largest absolute Gasteiger partial charge is 0.394 e. The lowest BCUT2D eigenvalue weighted by Crippen LogP contribution is -2.19. The van der Waals surface area contributed by atoms with E-state index in [2.05, 4.69) is 20.4 Å². The van der Waals surface area contributed by atoms with E-state index in [0.717, 1.165) is 13.2 Å². The average molecular weight is 217 g/mol. The van der Waals surface area contributed by atoms with Crippen LogP contribution in [0.1, 0.15) is 52.4 Å². The van der Waals surface area contributed by atoms with Crippen molar-refractivity contribution in [3.63, 3.8) is 0 Å². The zero-order valence-electron chi connectivity index (χ0n) is 9.97. The van der Waals surface area contributed by atoms with Crippen LogP contribution in [0.25, 0.3) is 0 Å². The highest BCUT2D eigenvalue weighted by Gasteiger charge is 2.06. The average Bonchev–Trinajstić information content (AvgIpc) is 2.19. The van der Waals surface area contributed by atoms with Gasteiger partial charge >= 0.3 is 9.28 Å². The maximum Gasteiger partial charge on any atom is 0.381 e. The summed E-state index contributed by atoms with van der Waals surface area (Å²) in [5.41, 5.74) is 0. The van der Waals surface area contributed by atoms with E-state index in [1.807, 2.05) is 0 Å². The van der Waals surface area contributed by atoms with E-state index in [4.69, 9.17) is 8.85 Å². The van der Waals surface area contributed by atoms with Crippen molar-refractivity contribution in [3.05, 3.63) is 0 Å². The molecule has 0 bridgehead atoms. The Morgan fingerprint density at radius 1 is 0.786 bits per heavy atom. The van der Waals surface area contributed by atoms with E-state index in [1.165, 1.54) is 38.5 Å². The molecule has 0 aromatic rings. The molecule has 1 radical (unpaired) electrons. The Balaban J connectivity index is 3.07. The van der Waals surface area contributed by atoms with Gasteiger partial charge in [0.2, 0.25) is 0 Å². The molecule has 3 heteroatoms. The second-order valence-electron chi connectivity index (χ2n) is 3.60. The molecule has 0 N–H and O–H groups in total. The standard InChI is InChI=1S/C11H25O2Si/c1-4-6-8-10-12-14(3)13-11-9-7-5-2/h4-11H2,1-3H3. The van der Waals surface area contributed by atoms with Gasteiger partial charge in [-0.25, -0.2) is 0 Å². The zero-order valence-corrected chi connectivity index (χ0v) is 11.0. The van der Waals surface area contributed by atoms with Gasteiger partial charge in [-0.15, -0.1) is 0 Å². The molecule has 0 unspecified atom stereocenters. The summed E-state index contributed by atoms with van der Waals surface area (Å²) >= 11 is 0. The van der Waals surface area contributed by atoms with Crippen molar-refractivity contribution in [3.8, 4) is 0 Å². The third-order valence-corrected chi connectivity index (χ3v) is 3.33. The first kappa shape index (κ1) is 14.1. The second kappa shape index (κ2) is 11.2. The predicted molar refractivity (Wildman–Crippen MR) is 62.6 cm³/mol. The lowest BCUT2D eigenvalue weighted by atomic mass is 10.3. The minimum absolute atomic E-state index is 0.881. The lowest BCUT2D eigenvalue weighted by Gasteiger charge is -2.10. The SMILES string of the molecule is CCCCCO[Si](C)OCCCCC. The van der Waals surface area contributed by atoms with Gasteiger partial charge in [0.05, 0.1) is 0 Å². The van der Waals surface area contributed by atoms with Gasteiger partial charge in [-0.05, 0) is 19.4 Å². The van der Waals surface area contributed by atoms with Gasteiger partial charge < -0.3 is 8.85 Å². The van der Waals surface area contributed by atoms with Gasteiger partial charge in [0.1, 0.15) is 0 Å². The molecular formula is C11H25O2Si. The first-order chi connectivity index (χ1) is 6.81. The van der Waals surface area contributed by atoms with Crippen LogP contribution < -0.4 is 0 Å². The normalized spacial score (nSPS) is 11.1. The molecule has 0 heterocycles. The molecule has 0 aliphatic carbocycles. The molecule has 0 aromatic heterocycles. The molecule has 14 heavy (non-hydrogen) atoms. The summed E-state index contributed by atoms with van der Waals surface area (Å²) < 4.78 is 11.2. The first-order valence-corrected chi connectivity index (χ1v) is 7.72. The van der Waals surface area contributed by atoms with Gasteiger partial charge in [0, 0.05) is 13.2 Å². The Morgan fingerprint density at radius 2 is 1.21 bits per heavy atom. The van der Waals surface area contributed by atoms with E-state index in [-0.39, 0.29) is 0 Å². The maximum absolute atomic E-state index is 5.60. The van der Waals surface area contributed by atoms with Crippen molar-refractivity contribution >= 4 is 9.28 Å². The van der Waals surface area contributed by atoms with E-state index >= 15 is 0 Å². The number of hydrogen-bond donors (Lipinski definition) is 0. The highest BCUT2D eigenvalue weighted by Crippen LogP contribution is 1.99. The summed E-state index contributed by atoms with van der Waals surface area (Å²) in [4.78, 5) is 0. The smallest absolute Gasteiger partial charge is 0.381 e. The van der Waals surface area contributed by atoms with Gasteiger partial charge in [-0.1, -0.05) is 39.5 Å². The molecular weight excluding hydrogens is 192 g/mol. The Bertz CT molecular complexity index is 97.5. The summed E-state index contributed by atoms with van der Waals surface area (Å²) in [5, 5.41) is 0. The van der Waals surface area contributed by atoms with Crippen LogP contribution in [0.2, 0.25) is 6.55 Å². The van der Waals surface area contributed by atoms with Crippen LogP contribution >= 0.6 is 0 Å². The molecule has 0 rings (SSSR count). The van der Waals surface area contributed by atoms with E-state index in [1.54, 1.807) is 0 Å². The molecule has 0 aliphatic rings. The lowest BCUT2D eigenvalue weighted by molar-refractivity contribution is 0.195. The van der Waals surface area contributed by atoms with E-state index in [9.17, 15) is 0 Å². The van der Waals surface area contributed by atoms with Crippen LogP contribution in [0, 0.1) is 0 Å². The molecule has 0 spiro atoms. The number of unbranched alkanes of at least 4 members (excludes halogenated alkanes) is 4. The van der Waals surface area contributed by atoms with Crippen molar-refractivity contribution in [1.29, 1.82) is 0 Å². The van der Waals surface area contributed by atoms with E-state index < -0.39 is 9.28 Å². The second-order valence-corrected chi connectivity index (χ2v) is 5.16. The fourth-order valence-electron chi connectivity index (χ4n) is 1.18. The van der Waals surface area contributed by atoms with Crippen LogP contribution in [0.3, 0.4) is 0 Å². The third-order valence-electron chi connectivity index (χ3n) is 2.11. The number of rotatable bonds is 10. The van der Waals surface area contributed by atoms with Crippen molar-refractivity contribution in [2.45, 2.75) is 58.9 Å². The molecule has 85 valence electrons. The van der Waals surface area contributed by atoms with Gasteiger partial charge in [-0.2, -0.15) is 0 Å². The van der Waals surface area contributed by atoms with Crippen LogP contribution in [-0.2, 0) is 8.85 Å². The quantitative estimate of drug-likeness (QED) is 0.412. The van der Waals surface area contributed by atoms with Crippen LogP contribution in [0.15, 0.2) is 0 Å². The molecule has 2 nitrogen and oxygen atoms in total.